The number of furan rings is 1. The third-order valence-corrected chi connectivity index (χ3v) is 3.45. The van der Waals surface area contributed by atoms with Gasteiger partial charge < -0.3 is 19.8 Å². The molecule has 0 saturated carbocycles. The number of hydrogen-bond donors (Lipinski definition) is 2. The van der Waals surface area contributed by atoms with E-state index in [4.69, 9.17) is 9.15 Å². The van der Waals surface area contributed by atoms with Gasteiger partial charge >= 0.3 is 6.09 Å². The van der Waals surface area contributed by atoms with Crippen molar-refractivity contribution in [3.05, 3.63) is 60.1 Å². The Bertz CT molecular complexity index is 638. The minimum atomic E-state index is -0.678. The highest BCUT2D eigenvalue weighted by Crippen LogP contribution is 2.06. The third-order valence-electron chi connectivity index (χ3n) is 3.45. The molecule has 0 aliphatic rings. The molecule has 1 atom stereocenters. The molecule has 0 unspecified atom stereocenters. The van der Waals surface area contributed by atoms with E-state index < -0.39 is 12.1 Å². The van der Waals surface area contributed by atoms with Gasteiger partial charge in [-0.25, -0.2) is 4.79 Å². The van der Waals surface area contributed by atoms with Crippen LogP contribution in [0.1, 0.15) is 25.2 Å². The van der Waals surface area contributed by atoms with Gasteiger partial charge in [-0.15, -0.1) is 0 Å². The Labute approximate surface area is 141 Å². The van der Waals surface area contributed by atoms with Gasteiger partial charge in [-0.05, 0) is 23.6 Å². The number of rotatable bonds is 7. The summed E-state index contributed by atoms with van der Waals surface area (Å²) in [5.41, 5.74) is 0.885. The first-order valence-electron chi connectivity index (χ1n) is 7.83. The van der Waals surface area contributed by atoms with Crippen LogP contribution in [0.5, 0.6) is 0 Å². The summed E-state index contributed by atoms with van der Waals surface area (Å²) in [5.74, 6) is 0.293. The van der Waals surface area contributed by atoms with Gasteiger partial charge in [0.05, 0.1) is 12.8 Å². The zero-order valence-corrected chi connectivity index (χ0v) is 13.8. The summed E-state index contributed by atoms with van der Waals surface area (Å²) in [4.78, 5) is 24.2. The molecular weight excluding hydrogens is 308 g/mol. The molecular formula is C18H22N2O4. The van der Waals surface area contributed by atoms with E-state index in [1.54, 1.807) is 18.4 Å². The van der Waals surface area contributed by atoms with Crippen LogP contribution in [-0.2, 0) is 22.7 Å². The second-order valence-corrected chi connectivity index (χ2v) is 5.72. The average molecular weight is 330 g/mol. The van der Waals surface area contributed by atoms with Gasteiger partial charge in [0.1, 0.15) is 18.4 Å². The first-order valence-corrected chi connectivity index (χ1v) is 7.83. The van der Waals surface area contributed by atoms with Crippen LogP contribution in [0, 0.1) is 5.92 Å². The molecule has 0 aliphatic carbocycles. The normalized spacial score (nSPS) is 11.8. The molecule has 1 aromatic carbocycles. The van der Waals surface area contributed by atoms with Crippen molar-refractivity contribution in [2.75, 3.05) is 0 Å². The Balaban J connectivity index is 1.83. The summed E-state index contributed by atoms with van der Waals surface area (Å²) >= 11 is 0. The van der Waals surface area contributed by atoms with E-state index >= 15 is 0 Å². The summed E-state index contributed by atoms with van der Waals surface area (Å²) in [6.07, 6.45) is 0.923. The average Bonchev–Trinajstić information content (AvgIpc) is 3.10. The van der Waals surface area contributed by atoms with Crippen molar-refractivity contribution < 1.29 is 18.7 Å². The number of benzene rings is 1. The van der Waals surface area contributed by atoms with E-state index in [2.05, 4.69) is 10.6 Å². The predicted octanol–water partition coefficient (Wildman–Crippen LogP) is 2.85. The molecule has 6 heteroatoms. The maximum absolute atomic E-state index is 12.3. The van der Waals surface area contributed by atoms with Gasteiger partial charge in [-0.2, -0.15) is 0 Å². The van der Waals surface area contributed by atoms with E-state index in [9.17, 15) is 9.59 Å². The zero-order valence-electron chi connectivity index (χ0n) is 13.8. The first-order chi connectivity index (χ1) is 11.6. The molecule has 1 heterocycles. The lowest BCUT2D eigenvalue weighted by molar-refractivity contribution is -0.124. The monoisotopic (exact) mass is 330 g/mol. The van der Waals surface area contributed by atoms with Crippen molar-refractivity contribution in [1.82, 2.24) is 10.6 Å². The van der Waals surface area contributed by atoms with Crippen molar-refractivity contribution in [3.63, 3.8) is 0 Å². The predicted molar refractivity (Wildman–Crippen MR) is 88.9 cm³/mol. The fourth-order valence-corrected chi connectivity index (χ4v) is 2.12. The largest absolute Gasteiger partial charge is 0.467 e. The fourth-order valence-electron chi connectivity index (χ4n) is 2.12. The summed E-state index contributed by atoms with van der Waals surface area (Å²) in [7, 11) is 0. The van der Waals surface area contributed by atoms with Crippen LogP contribution in [-0.4, -0.2) is 18.0 Å². The summed E-state index contributed by atoms with van der Waals surface area (Å²) in [6, 6.07) is 12.2. The highest BCUT2D eigenvalue weighted by molar-refractivity contribution is 5.85. The van der Waals surface area contributed by atoms with Crippen LogP contribution in [0.2, 0.25) is 0 Å². The quantitative estimate of drug-likeness (QED) is 0.818. The molecule has 128 valence electrons. The van der Waals surface area contributed by atoms with E-state index in [1.165, 1.54) is 0 Å². The number of ether oxygens (including phenoxy) is 1. The van der Waals surface area contributed by atoms with Gasteiger partial charge in [0.15, 0.2) is 0 Å². The highest BCUT2D eigenvalue weighted by Gasteiger charge is 2.24. The summed E-state index contributed by atoms with van der Waals surface area (Å²) < 4.78 is 10.3. The van der Waals surface area contributed by atoms with Gasteiger partial charge in [0.2, 0.25) is 5.91 Å². The van der Waals surface area contributed by atoms with E-state index in [0.717, 1.165) is 5.56 Å². The molecule has 0 radical (unpaired) electrons. The number of nitrogens with one attached hydrogen (secondary N) is 2. The Morgan fingerprint density at radius 3 is 2.50 bits per heavy atom. The maximum Gasteiger partial charge on any atom is 0.408 e. The van der Waals surface area contributed by atoms with Crippen LogP contribution in [0.3, 0.4) is 0 Å². The topological polar surface area (TPSA) is 80.6 Å². The second kappa shape index (κ2) is 8.76. The van der Waals surface area contributed by atoms with Crippen molar-refractivity contribution in [3.8, 4) is 0 Å². The van der Waals surface area contributed by atoms with Gasteiger partial charge in [-0.1, -0.05) is 44.2 Å². The number of alkyl carbamates (subject to hydrolysis) is 1. The molecule has 2 N–H and O–H groups in total. The number of hydrogen-bond acceptors (Lipinski definition) is 4. The highest BCUT2D eigenvalue weighted by atomic mass is 16.5. The van der Waals surface area contributed by atoms with Crippen molar-refractivity contribution >= 4 is 12.0 Å². The SMILES string of the molecule is CC(C)[C@H](NC(=O)OCc1ccccc1)C(=O)NCc1ccco1. The second-order valence-electron chi connectivity index (χ2n) is 5.72. The number of amides is 2. The minimum Gasteiger partial charge on any atom is -0.467 e. The van der Waals surface area contributed by atoms with Gasteiger partial charge in [0.25, 0.3) is 0 Å². The molecule has 0 fully saturated rings. The molecule has 6 nitrogen and oxygen atoms in total. The number of carbonyl (C=O) groups excluding carboxylic acids is 2. The van der Waals surface area contributed by atoms with Crippen LogP contribution >= 0.6 is 0 Å². The van der Waals surface area contributed by atoms with E-state index in [1.807, 2.05) is 44.2 Å². The van der Waals surface area contributed by atoms with Crippen LogP contribution in [0.25, 0.3) is 0 Å². The Morgan fingerprint density at radius 1 is 1.12 bits per heavy atom. The molecule has 1 aromatic heterocycles. The zero-order chi connectivity index (χ0) is 17.4. The molecule has 2 aromatic rings. The van der Waals surface area contributed by atoms with Crippen molar-refractivity contribution in [1.29, 1.82) is 0 Å². The van der Waals surface area contributed by atoms with E-state index in [0.29, 0.717) is 5.76 Å². The van der Waals surface area contributed by atoms with Gasteiger partial charge in [-0.3, -0.25) is 4.79 Å². The van der Waals surface area contributed by atoms with Gasteiger partial charge in [0, 0.05) is 0 Å². The van der Waals surface area contributed by atoms with Crippen molar-refractivity contribution in [2.24, 2.45) is 5.92 Å². The molecule has 2 rings (SSSR count). The molecule has 0 aliphatic heterocycles. The third kappa shape index (κ3) is 5.46. The minimum absolute atomic E-state index is 0.0779. The molecule has 24 heavy (non-hydrogen) atoms. The molecule has 0 bridgehead atoms. The Kier molecular flexibility index (Phi) is 6.42. The Hall–Kier alpha value is -2.76. The first kappa shape index (κ1) is 17.6. The lowest BCUT2D eigenvalue weighted by Crippen LogP contribution is -2.49. The standard InChI is InChI=1S/C18H22N2O4/c1-13(2)16(17(21)19-11-15-9-6-10-23-15)20-18(22)24-12-14-7-4-3-5-8-14/h3-10,13,16H,11-12H2,1-2H3,(H,19,21)(H,20,22)/t16-/m0/s1. The van der Waals surface area contributed by atoms with E-state index in [-0.39, 0.29) is 25.0 Å². The number of carbonyl (C=O) groups is 2. The molecule has 0 saturated heterocycles. The van der Waals surface area contributed by atoms with Crippen molar-refractivity contribution in [2.45, 2.75) is 33.0 Å². The Morgan fingerprint density at radius 2 is 1.88 bits per heavy atom. The van der Waals surface area contributed by atoms with Crippen LogP contribution < -0.4 is 10.6 Å². The molecule has 0 spiro atoms. The van der Waals surface area contributed by atoms with Crippen LogP contribution in [0.15, 0.2) is 53.1 Å². The fraction of sp³-hybridized carbons (Fsp3) is 0.333. The smallest absolute Gasteiger partial charge is 0.408 e. The molecule has 2 amide bonds. The summed E-state index contributed by atoms with van der Waals surface area (Å²) in [5, 5.41) is 5.36. The lowest BCUT2D eigenvalue weighted by atomic mass is 10.0. The van der Waals surface area contributed by atoms with Crippen LogP contribution in [0.4, 0.5) is 4.79 Å². The lowest BCUT2D eigenvalue weighted by Gasteiger charge is -2.21. The maximum atomic E-state index is 12.3. The summed E-state index contributed by atoms with van der Waals surface area (Å²) in [6.45, 7) is 4.14.